The van der Waals surface area contributed by atoms with Crippen molar-refractivity contribution in [2.24, 2.45) is 16.3 Å². The Bertz CT molecular complexity index is 884. The van der Waals surface area contributed by atoms with Crippen LogP contribution >= 0.6 is 11.3 Å². The molecule has 2 aliphatic rings. The molecule has 3 atom stereocenters. The Morgan fingerprint density at radius 3 is 2.59 bits per heavy atom. The number of aliphatic hydroxyl groups excluding tert-OH is 1. The highest BCUT2D eigenvalue weighted by molar-refractivity contribution is 7.12. The monoisotopic (exact) mass is 485 g/mol. The van der Waals surface area contributed by atoms with E-state index in [-0.39, 0.29) is 11.9 Å². The first-order chi connectivity index (χ1) is 16.1. The van der Waals surface area contributed by atoms with Crippen molar-refractivity contribution in [3.8, 4) is 0 Å². The van der Waals surface area contributed by atoms with Crippen molar-refractivity contribution < 1.29 is 9.90 Å². The van der Waals surface area contributed by atoms with Gasteiger partial charge in [0.25, 0.3) is 0 Å². The maximum Gasteiger partial charge on any atom is 0.181 e. The fraction of sp³-hybridized carbons (Fsp3) is 0.733. The molecule has 190 valence electrons. The average molecular weight is 486 g/mol. The Hall–Kier alpha value is -1.26. The molecule has 1 aromatic heterocycles. The van der Waals surface area contributed by atoms with E-state index >= 15 is 0 Å². The maximum absolute atomic E-state index is 13.5. The smallest absolute Gasteiger partial charge is 0.181 e. The number of fused-ring (bicyclic) bond motifs is 1. The van der Waals surface area contributed by atoms with E-state index in [0.717, 1.165) is 49.8 Å². The molecule has 1 saturated carbocycles. The summed E-state index contributed by atoms with van der Waals surface area (Å²) < 4.78 is 0. The van der Waals surface area contributed by atoms with E-state index in [2.05, 4.69) is 46.8 Å². The second-order valence-electron chi connectivity index (χ2n) is 11.9. The van der Waals surface area contributed by atoms with Gasteiger partial charge >= 0.3 is 0 Å². The molecule has 34 heavy (non-hydrogen) atoms. The fourth-order valence-electron chi connectivity index (χ4n) is 5.40. The first-order valence-electron chi connectivity index (χ1n) is 13.7. The highest BCUT2D eigenvalue weighted by Crippen LogP contribution is 2.46. The van der Waals surface area contributed by atoms with Gasteiger partial charge in [0.05, 0.1) is 6.10 Å². The number of nitrogens with zero attached hydrogens (tertiary/aromatic N) is 1. The van der Waals surface area contributed by atoms with Crippen molar-refractivity contribution in [1.29, 1.82) is 0 Å². The zero-order valence-corrected chi connectivity index (χ0v) is 23.3. The number of carbonyl (C=O) groups excluding carboxylic acids is 1. The minimum atomic E-state index is -0.204. The quantitative estimate of drug-likeness (QED) is 0.361. The lowest BCUT2D eigenvalue weighted by Crippen LogP contribution is -2.20. The summed E-state index contributed by atoms with van der Waals surface area (Å²) in [6, 6.07) is 2.33. The Labute approximate surface area is 212 Å². The average Bonchev–Trinajstić information content (AvgIpc) is 3.22. The number of allylic oxidation sites excluding steroid dienone is 2. The molecule has 1 N–H and O–H groups in total. The zero-order chi connectivity index (χ0) is 24.9. The minimum Gasteiger partial charge on any atom is -0.393 e. The molecule has 0 saturated heterocycles. The topological polar surface area (TPSA) is 49.7 Å². The molecule has 0 radical (unpaired) electrons. The van der Waals surface area contributed by atoms with Gasteiger partial charge in [0.2, 0.25) is 0 Å². The molecule has 3 unspecified atom stereocenters. The van der Waals surface area contributed by atoms with Crippen molar-refractivity contribution in [3.63, 3.8) is 0 Å². The van der Waals surface area contributed by atoms with Crippen molar-refractivity contribution >= 4 is 22.8 Å². The second kappa shape index (κ2) is 12.1. The molecule has 1 aliphatic heterocycles. The van der Waals surface area contributed by atoms with E-state index in [9.17, 15) is 9.90 Å². The lowest BCUT2D eigenvalue weighted by Gasteiger charge is -2.33. The Balaban J connectivity index is 1.74. The van der Waals surface area contributed by atoms with Crippen molar-refractivity contribution in [2.45, 2.75) is 130 Å². The number of hydrogen-bond acceptors (Lipinski definition) is 4. The van der Waals surface area contributed by atoms with E-state index in [4.69, 9.17) is 4.99 Å². The van der Waals surface area contributed by atoms with Crippen LogP contribution in [0.4, 0.5) is 0 Å². The number of rotatable bonds is 10. The molecular weight excluding hydrogens is 438 g/mol. The number of carbonyl (C=O) groups is 1. The number of Topliss-reactive ketones (excluding diaryl/α,β-unsaturated/α-hetero) is 1. The van der Waals surface area contributed by atoms with Crippen molar-refractivity contribution in [3.05, 3.63) is 33.2 Å². The summed E-state index contributed by atoms with van der Waals surface area (Å²) in [4.78, 5) is 21.2. The van der Waals surface area contributed by atoms with Crippen LogP contribution in [0.5, 0.6) is 0 Å². The molecule has 0 amide bonds. The van der Waals surface area contributed by atoms with E-state index in [0.29, 0.717) is 35.3 Å². The molecule has 0 bridgehead atoms. The van der Waals surface area contributed by atoms with Gasteiger partial charge in [-0.3, -0.25) is 4.79 Å². The van der Waals surface area contributed by atoms with Gasteiger partial charge in [-0.05, 0) is 93.9 Å². The first-order valence-corrected chi connectivity index (χ1v) is 14.5. The molecule has 2 heterocycles. The van der Waals surface area contributed by atoms with Gasteiger partial charge in [-0.2, -0.15) is 0 Å². The van der Waals surface area contributed by atoms with Gasteiger partial charge in [0, 0.05) is 27.4 Å². The van der Waals surface area contributed by atoms with E-state index in [1.165, 1.54) is 35.4 Å². The van der Waals surface area contributed by atoms with Crippen LogP contribution < -0.4 is 0 Å². The summed E-state index contributed by atoms with van der Waals surface area (Å²) in [6.07, 6.45) is 13.1. The lowest BCUT2D eigenvalue weighted by molar-refractivity contribution is -0.113. The molecule has 0 spiro atoms. The summed E-state index contributed by atoms with van der Waals surface area (Å²) in [5, 5.41) is 10.0. The summed E-state index contributed by atoms with van der Waals surface area (Å²) in [5.41, 5.74) is 3.22. The number of ketones is 1. The highest BCUT2D eigenvalue weighted by atomic mass is 32.1. The third-order valence-corrected chi connectivity index (χ3v) is 9.55. The van der Waals surface area contributed by atoms with Crippen LogP contribution in [0.15, 0.2) is 22.8 Å². The van der Waals surface area contributed by atoms with Crippen LogP contribution in [0.2, 0.25) is 0 Å². The summed E-state index contributed by atoms with van der Waals surface area (Å²) >= 11 is 1.95. The van der Waals surface area contributed by atoms with Gasteiger partial charge in [0.15, 0.2) is 5.78 Å². The standard InChI is InChI=1S/C30H47NO2S/c1-7-8-24(32)13-9-20(2)10-14-26(33)28-25-19-27(23-15-17-30(5,6)18-16-23)34-29(25)21(3)11-12-22(4)31-28/h12,19-21,23-24,32H,7-11,13-18H2,1-6H3/b22-12+,31-28?. The SMILES string of the molecule is CCCC(O)CCC(C)CCC(=O)C1=N/C(C)=C/CC(C)c2sc(C3CCC(C)(C)CC3)cc21. The van der Waals surface area contributed by atoms with Gasteiger partial charge in [0.1, 0.15) is 5.71 Å². The summed E-state index contributed by atoms with van der Waals surface area (Å²) in [5.74, 6) is 1.65. The van der Waals surface area contributed by atoms with Crippen LogP contribution in [0.3, 0.4) is 0 Å². The van der Waals surface area contributed by atoms with Crippen LogP contribution in [-0.4, -0.2) is 22.7 Å². The van der Waals surface area contributed by atoms with E-state index in [1.54, 1.807) is 0 Å². The highest BCUT2D eigenvalue weighted by Gasteiger charge is 2.31. The molecule has 3 nitrogen and oxygen atoms in total. The number of aliphatic imine (C=N–C) groups is 1. The predicted molar refractivity (Wildman–Crippen MR) is 146 cm³/mol. The Morgan fingerprint density at radius 2 is 1.91 bits per heavy atom. The fourth-order valence-corrected chi connectivity index (χ4v) is 6.80. The number of aliphatic hydroxyl groups is 1. The second-order valence-corrected chi connectivity index (χ2v) is 13.0. The number of hydrogen-bond donors (Lipinski definition) is 1. The number of thiophene rings is 1. The van der Waals surface area contributed by atoms with Crippen LogP contribution in [0.25, 0.3) is 0 Å². The Kier molecular flexibility index (Phi) is 9.74. The lowest BCUT2D eigenvalue weighted by atomic mass is 9.73. The van der Waals surface area contributed by atoms with E-state index < -0.39 is 0 Å². The summed E-state index contributed by atoms with van der Waals surface area (Å²) in [6.45, 7) is 13.4. The third-order valence-electron chi connectivity index (χ3n) is 8.02. The van der Waals surface area contributed by atoms with Crippen molar-refractivity contribution in [1.82, 2.24) is 0 Å². The van der Waals surface area contributed by atoms with Crippen molar-refractivity contribution in [2.75, 3.05) is 0 Å². The molecule has 1 aliphatic carbocycles. The third kappa shape index (κ3) is 7.37. The van der Waals surface area contributed by atoms with Crippen LogP contribution in [0, 0.1) is 11.3 Å². The normalized spacial score (nSPS) is 24.3. The molecule has 4 heteroatoms. The minimum absolute atomic E-state index is 0.179. The van der Waals surface area contributed by atoms with Gasteiger partial charge < -0.3 is 5.11 Å². The molecule has 0 aromatic carbocycles. The first kappa shape index (κ1) is 27.3. The summed E-state index contributed by atoms with van der Waals surface area (Å²) in [7, 11) is 0. The molecular formula is C30H47NO2S. The molecule has 1 fully saturated rings. The van der Waals surface area contributed by atoms with E-state index in [1.807, 2.05) is 18.3 Å². The molecule has 3 rings (SSSR count). The van der Waals surface area contributed by atoms with Gasteiger partial charge in [-0.15, -0.1) is 11.3 Å². The molecule has 1 aromatic rings. The van der Waals surface area contributed by atoms with Gasteiger partial charge in [-0.25, -0.2) is 4.99 Å². The van der Waals surface area contributed by atoms with Gasteiger partial charge in [-0.1, -0.05) is 47.1 Å². The predicted octanol–water partition coefficient (Wildman–Crippen LogP) is 8.56. The van der Waals surface area contributed by atoms with Crippen LogP contribution in [0.1, 0.15) is 139 Å². The Morgan fingerprint density at radius 1 is 1.21 bits per heavy atom. The van der Waals surface area contributed by atoms with Crippen LogP contribution in [-0.2, 0) is 4.79 Å². The zero-order valence-electron chi connectivity index (χ0n) is 22.5. The maximum atomic E-state index is 13.5. The largest absolute Gasteiger partial charge is 0.393 e.